The Hall–Kier alpha value is -2.86. The van der Waals surface area contributed by atoms with E-state index in [4.69, 9.17) is 9.47 Å². The first kappa shape index (κ1) is 18.5. The minimum absolute atomic E-state index is 0.0245. The van der Waals surface area contributed by atoms with Gasteiger partial charge in [-0.1, -0.05) is 24.3 Å². The summed E-state index contributed by atoms with van der Waals surface area (Å²) in [4.78, 5) is 19.6. The second-order valence-electron chi connectivity index (χ2n) is 6.73. The van der Waals surface area contributed by atoms with Crippen molar-refractivity contribution in [2.45, 2.75) is 32.0 Å². The largest absolute Gasteiger partial charge is 0.497 e. The van der Waals surface area contributed by atoms with Gasteiger partial charge in [-0.3, -0.25) is 4.79 Å². The standard InChI is InChI=1S/C22H22N2O3S/c1-26-20-9-5-6-16(12-20)22(25)24(18-10-11-18)13-17-15-28-21(23-17)14-27-19-7-3-2-4-8-19/h2-9,12,15,18H,10-11,13-14H2,1H3. The quantitative estimate of drug-likeness (QED) is 0.563. The molecule has 0 unspecified atom stereocenters. The molecule has 0 saturated heterocycles. The highest BCUT2D eigenvalue weighted by atomic mass is 32.1. The van der Waals surface area contributed by atoms with Crippen LogP contribution in [0, 0.1) is 0 Å². The van der Waals surface area contributed by atoms with Crippen molar-refractivity contribution in [1.82, 2.24) is 9.88 Å². The van der Waals surface area contributed by atoms with Crippen molar-refractivity contribution in [3.05, 3.63) is 76.2 Å². The third-order valence-electron chi connectivity index (χ3n) is 4.60. The second-order valence-corrected chi connectivity index (χ2v) is 7.67. The summed E-state index contributed by atoms with van der Waals surface area (Å²) in [5, 5.41) is 2.92. The number of methoxy groups -OCH3 is 1. The number of hydrogen-bond acceptors (Lipinski definition) is 5. The predicted molar refractivity (Wildman–Crippen MR) is 109 cm³/mol. The summed E-state index contributed by atoms with van der Waals surface area (Å²) < 4.78 is 11.0. The van der Waals surface area contributed by atoms with Crippen LogP contribution >= 0.6 is 11.3 Å². The van der Waals surface area contributed by atoms with Gasteiger partial charge >= 0.3 is 0 Å². The van der Waals surface area contributed by atoms with E-state index in [1.54, 1.807) is 24.5 Å². The molecule has 4 rings (SSSR count). The Morgan fingerprint density at radius 1 is 1.14 bits per heavy atom. The molecule has 28 heavy (non-hydrogen) atoms. The number of nitrogens with zero attached hydrogens (tertiary/aromatic N) is 2. The van der Waals surface area contributed by atoms with Crippen LogP contribution in [-0.2, 0) is 13.2 Å². The number of thiazole rings is 1. The van der Waals surface area contributed by atoms with Gasteiger partial charge < -0.3 is 14.4 Å². The van der Waals surface area contributed by atoms with Crippen LogP contribution in [0.4, 0.5) is 0 Å². The molecule has 0 atom stereocenters. The van der Waals surface area contributed by atoms with Crippen LogP contribution in [0.3, 0.4) is 0 Å². The molecule has 1 aliphatic carbocycles. The Morgan fingerprint density at radius 2 is 1.93 bits per heavy atom. The Morgan fingerprint density at radius 3 is 2.68 bits per heavy atom. The number of benzene rings is 2. The van der Waals surface area contributed by atoms with Gasteiger partial charge in [0.25, 0.3) is 5.91 Å². The minimum atomic E-state index is 0.0245. The van der Waals surface area contributed by atoms with Crippen molar-refractivity contribution < 1.29 is 14.3 Å². The van der Waals surface area contributed by atoms with Gasteiger partial charge in [0.1, 0.15) is 23.1 Å². The topological polar surface area (TPSA) is 51.7 Å². The zero-order valence-corrected chi connectivity index (χ0v) is 16.5. The van der Waals surface area contributed by atoms with E-state index in [2.05, 4.69) is 4.98 Å². The summed E-state index contributed by atoms with van der Waals surface area (Å²) in [6.45, 7) is 0.949. The molecule has 0 radical (unpaired) electrons. The van der Waals surface area contributed by atoms with Crippen molar-refractivity contribution in [2.24, 2.45) is 0 Å². The lowest BCUT2D eigenvalue weighted by molar-refractivity contribution is 0.0727. The highest BCUT2D eigenvalue weighted by Gasteiger charge is 2.33. The molecule has 1 aromatic heterocycles. The van der Waals surface area contributed by atoms with E-state index in [0.29, 0.717) is 30.5 Å². The smallest absolute Gasteiger partial charge is 0.254 e. The Kier molecular flexibility index (Phi) is 5.58. The maximum atomic E-state index is 13.0. The van der Waals surface area contributed by atoms with Gasteiger partial charge in [-0.2, -0.15) is 0 Å². The molecule has 5 nitrogen and oxygen atoms in total. The van der Waals surface area contributed by atoms with Crippen LogP contribution < -0.4 is 9.47 Å². The fourth-order valence-corrected chi connectivity index (χ4v) is 3.70. The summed E-state index contributed by atoms with van der Waals surface area (Å²) >= 11 is 1.56. The highest BCUT2D eigenvalue weighted by Crippen LogP contribution is 2.30. The number of ether oxygens (including phenoxy) is 2. The number of aromatic nitrogens is 1. The number of amides is 1. The molecule has 1 amide bonds. The van der Waals surface area contributed by atoms with Crippen LogP contribution in [0.1, 0.15) is 33.9 Å². The first-order valence-electron chi connectivity index (χ1n) is 9.29. The Bertz CT molecular complexity index is 938. The van der Waals surface area contributed by atoms with Crippen molar-refractivity contribution in [1.29, 1.82) is 0 Å². The van der Waals surface area contributed by atoms with E-state index in [-0.39, 0.29) is 5.91 Å². The number of hydrogen-bond donors (Lipinski definition) is 0. The summed E-state index contributed by atoms with van der Waals surface area (Å²) in [7, 11) is 1.61. The fourth-order valence-electron chi connectivity index (χ4n) is 3.00. The summed E-state index contributed by atoms with van der Waals surface area (Å²) in [6, 6.07) is 17.3. The van der Waals surface area contributed by atoms with Crippen LogP contribution in [0.5, 0.6) is 11.5 Å². The first-order chi connectivity index (χ1) is 13.7. The average molecular weight is 394 g/mol. The van der Waals surface area contributed by atoms with Crippen LogP contribution in [0.2, 0.25) is 0 Å². The Labute approximate surface area is 168 Å². The van der Waals surface area contributed by atoms with Gasteiger partial charge in [0.2, 0.25) is 0 Å². The van der Waals surface area contributed by atoms with Gasteiger partial charge in [-0.15, -0.1) is 11.3 Å². The van der Waals surface area contributed by atoms with Crippen molar-refractivity contribution in [3.8, 4) is 11.5 Å². The van der Waals surface area contributed by atoms with Gasteiger partial charge in [0.15, 0.2) is 0 Å². The van der Waals surface area contributed by atoms with Gasteiger partial charge in [-0.25, -0.2) is 4.98 Å². The normalized spacial score (nSPS) is 13.2. The second kappa shape index (κ2) is 8.44. The zero-order chi connectivity index (χ0) is 19.3. The zero-order valence-electron chi connectivity index (χ0n) is 15.7. The van der Waals surface area contributed by atoms with Crippen LogP contribution in [0.25, 0.3) is 0 Å². The highest BCUT2D eigenvalue weighted by molar-refractivity contribution is 7.09. The maximum absolute atomic E-state index is 13.0. The molecule has 1 fully saturated rings. The van der Waals surface area contributed by atoms with E-state index in [9.17, 15) is 4.79 Å². The van der Waals surface area contributed by atoms with Crippen molar-refractivity contribution >= 4 is 17.2 Å². The fraction of sp³-hybridized carbons (Fsp3) is 0.273. The minimum Gasteiger partial charge on any atom is -0.497 e. The SMILES string of the molecule is COc1cccc(C(=O)N(Cc2csc(COc3ccccc3)n2)C2CC2)c1. The van der Waals surface area contributed by atoms with E-state index < -0.39 is 0 Å². The molecule has 0 spiro atoms. The van der Waals surface area contributed by atoms with Crippen molar-refractivity contribution in [2.75, 3.05) is 7.11 Å². The molecule has 2 aromatic carbocycles. The van der Waals surface area contributed by atoms with E-state index in [1.807, 2.05) is 58.8 Å². The average Bonchev–Trinajstić information content (AvgIpc) is 3.49. The maximum Gasteiger partial charge on any atom is 0.254 e. The van der Waals surface area contributed by atoms with Crippen molar-refractivity contribution in [3.63, 3.8) is 0 Å². The third-order valence-corrected chi connectivity index (χ3v) is 5.47. The molecule has 144 valence electrons. The Balaban J connectivity index is 1.42. The van der Waals surface area contributed by atoms with E-state index >= 15 is 0 Å². The number of rotatable bonds is 8. The van der Waals surface area contributed by atoms with Crippen LogP contribution in [-0.4, -0.2) is 28.9 Å². The van der Waals surface area contributed by atoms with E-state index in [1.165, 1.54) is 0 Å². The monoisotopic (exact) mass is 394 g/mol. The molecular weight excluding hydrogens is 372 g/mol. The lowest BCUT2D eigenvalue weighted by Crippen LogP contribution is -2.32. The van der Waals surface area contributed by atoms with Gasteiger partial charge in [-0.05, 0) is 43.2 Å². The molecule has 6 heteroatoms. The molecule has 1 heterocycles. The molecule has 1 aliphatic rings. The summed E-state index contributed by atoms with van der Waals surface area (Å²) in [5.74, 6) is 1.54. The predicted octanol–water partition coefficient (Wildman–Crippen LogP) is 4.54. The molecule has 0 bridgehead atoms. The number of carbonyl (C=O) groups is 1. The molecule has 1 saturated carbocycles. The third kappa shape index (κ3) is 4.51. The number of carbonyl (C=O) groups excluding carboxylic acids is 1. The first-order valence-corrected chi connectivity index (χ1v) is 10.2. The molecule has 0 N–H and O–H groups in total. The van der Waals surface area contributed by atoms with E-state index in [0.717, 1.165) is 29.3 Å². The molecule has 0 aliphatic heterocycles. The molecular formula is C22H22N2O3S. The number of para-hydroxylation sites is 1. The van der Waals surface area contributed by atoms with Gasteiger partial charge in [0.05, 0.1) is 19.3 Å². The lowest BCUT2D eigenvalue weighted by Gasteiger charge is -2.21. The summed E-state index contributed by atoms with van der Waals surface area (Å²) in [6.07, 6.45) is 2.09. The molecule has 3 aromatic rings. The van der Waals surface area contributed by atoms with Gasteiger partial charge in [0, 0.05) is 17.0 Å². The lowest BCUT2D eigenvalue weighted by atomic mass is 10.2. The van der Waals surface area contributed by atoms with Crippen LogP contribution in [0.15, 0.2) is 60.0 Å². The summed E-state index contributed by atoms with van der Waals surface area (Å²) in [5.41, 5.74) is 1.55.